The zero-order chi connectivity index (χ0) is 14.8. The lowest BCUT2D eigenvalue weighted by Gasteiger charge is -2.01. The van der Waals surface area contributed by atoms with E-state index in [2.05, 4.69) is 15.6 Å². The van der Waals surface area contributed by atoms with Gasteiger partial charge in [-0.25, -0.2) is 9.37 Å². The molecule has 0 unspecified atom stereocenters. The van der Waals surface area contributed by atoms with Crippen LogP contribution in [0, 0.1) is 5.82 Å². The van der Waals surface area contributed by atoms with Gasteiger partial charge in [-0.05, 0) is 37.1 Å². The predicted molar refractivity (Wildman–Crippen MR) is 77.0 cm³/mol. The van der Waals surface area contributed by atoms with Gasteiger partial charge in [-0.2, -0.15) is 0 Å². The molecule has 5 nitrogen and oxygen atoms in total. The predicted octanol–water partition coefficient (Wildman–Crippen LogP) is 2.43. The third-order valence-electron chi connectivity index (χ3n) is 2.98. The summed E-state index contributed by atoms with van der Waals surface area (Å²) in [6.07, 6.45) is 2.01. The van der Waals surface area contributed by atoms with Gasteiger partial charge >= 0.3 is 0 Å². The summed E-state index contributed by atoms with van der Waals surface area (Å²) in [6, 6.07) is 5.46. The van der Waals surface area contributed by atoms with Gasteiger partial charge in [0.15, 0.2) is 5.13 Å². The molecule has 1 aliphatic rings. The number of aromatic nitrogens is 1. The van der Waals surface area contributed by atoms with Crippen molar-refractivity contribution in [3.63, 3.8) is 0 Å². The van der Waals surface area contributed by atoms with E-state index in [0.29, 0.717) is 16.4 Å². The normalized spacial score (nSPS) is 13.8. The van der Waals surface area contributed by atoms with Crippen LogP contribution in [0.15, 0.2) is 29.6 Å². The molecule has 108 valence electrons. The van der Waals surface area contributed by atoms with E-state index in [9.17, 15) is 14.0 Å². The van der Waals surface area contributed by atoms with Crippen molar-refractivity contribution in [3.05, 3.63) is 46.7 Å². The van der Waals surface area contributed by atoms with Gasteiger partial charge in [0.1, 0.15) is 11.5 Å². The van der Waals surface area contributed by atoms with E-state index in [1.807, 2.05) is 0 Å². The van der Waals surface area contributed by atoms with E-state index in [-0.39, 0.29) is 11.9 Å². The number of anilines is 1. The highest BCUT2D eigenvalue weighted by molar-refractivity contribution is 7.14. The summed E-state index contributed by atoms with van der Waals surface area (Å²) in [7, 11) is 0. The summed E-state index contributed by atoms with van der Waals surface area (Å²) < 4.78 is 12.8. The zero-order valence-corrected chi connectivity index (χ0v) is 11.7. The molecule has 0 bridgehead atoms. The highest BCUT2D eigenvalue weighted by Crippen LogP contribution is 2.21. The molecule has 1 aromatic carbocycles. The average Bonchev–Trinajstić information content (AvgIpc) is 3.15. The molecule has 1 aromatic heterocycles. The Balaban J connectivity index is 1.64. The molecule has 3 rings (SSSR count). The number of amides is 2. The summed E-state index contributed by atoms with van der Waals surface area (Å²) >= 11 is 1.17. The van der Waals surface area contributed by atoms with Gasteiger partial charge in [0.2, 0.25) is 0 Å². The Labute approximate surface area is 124 Å². The summed E-state index contributed by atoms with van der Waals surface area (Å²) in [5.41, 5.74) is 0.622. The Bertz CT molecular complexity index is 680. The molecule has 1 saturated carbocycles. The summed E-state index contributed by atoms with van der Waals surface area (Å²) in [5.74, 6) is -1.02. The molecule has 0 atom stereocenters. The summed E-state index contributed by atoms with van der Waals surface area (Å²) in [5, 5.41) is 7.35. The Morgan fingerprint density at radius 2 is 1.90 bits per heavy atom. The second-order valence-electron chi connectivity index (χ2n) is 4.75. The number of hydrogen-bond acceptors (Lipinski definition) is 4. The van der Waals surface area contributed by atoms with Crippen LogP contribution in [-0.2, 0) is 0 Å². The van der Waals surface area contributed by atoms with Crippen LogP contribution in [0.2, 0.25) is 0 Å². The lowest BCUT2D eigenvalue weighted by molar-refractivity contribution is 0.0945. The van der Waals surface area contributed by atoms with E-state index in [1.165, 1.54) is 35.6 Å². The molecule has 0 spiro atoms. The maximum atomic E-state index is 12.8. The smallest absolute Gasteiger partial charge is 0.271 e. The van der Waals surface area contributed by atoms with E-state index < -0.39 is 11.7 Å². The monoisotopic (exact) mass is 305 g/mol. The van der Waals surface area contributed by atoms with Gasteiger partial charge < -0.3 is 5.32 Å². The highest BCUT2D eigenvalue weighted by atomic mass is 32.1. The van der Waals surface area contributed by atoms with Crippen molar-refractivity contribution in [3.8, 4) is 0 Å². The Hall–Kier alpha value is -2.28. The maximum Gasteiger partial charge on any atom is 0.271 e. The molecule has 21 heavy (non-hydrogen) atoms. The fraction of sp³-hybridized carbons (Fsp3) is 0.214. The lowest BCUT2D eigenvalue weighted by Crippen LogP contribution is -2.25. The Morgan fingerprint density at radius 1 is 1.19 bits per heavy atom. The van der Waals surface area contributed by atoms with Gasteiger partial charge in [-0.3, -0.25) is 14.9 Å². The third kappa shape index (κ3) is 3.43. The number of benzene rings is 1. The standard InChI is InChI=1S/C14H12FN3O2S/c15-9-3-1-8(2-4-9)12(19)18-14-17-11(7-21-14)13(20)16-10-5-6-10/h1-4,7,10H,5-6H2,(H,16,20)(H,17,18,19). The van der Waals surface area contributed by atoms with Crippen LogP contribution in [0.4, 0.5) is 9.52 Å². The number of thiazole rings is 1. The Kier molecular flexibility index (Phi) is 3.66. The van der Waals surface area contributed by atoms with Crippen LogP contribution in [-0.4, -0.2) is 22.8 Å². The van der Waals surface area contributed by atoms with Crippen molar-refractivity contribution in [2.75, 3.05) is 5.32 Å². The van der Waals surface area contributed by atoms with Crippen molar-refractivity contribution in [1.82, 2.24) is 10.3 Å². The molecule has 2 N–H and O–H groups in total. The molecule has 2 amide bonds. The minimum atomic E-state index is -0.403. The number of nitrogens with zero attached hydrogens (tertiary/aromatic N) is 1. The quantitative estimate of drug-likeness (QED) is 0.911. The van der Waals surface area contributed by atoms with E-state index in [0.717, 1.165) is 12.8 Å². The minimum absolute atomic E-state index is 0.226. The Morgan fingerprint density at radius 3 is 2.57 bits per heavy atom. The van der Waals surface area contributed by atoms with Crippen LogP contribution in [0.3, 0.4) is 0 Å². The molecule has 1 aliphatic carbocycles. The molecular weight excluding hydrogens is 293 g/mol. The SMILES string of the molecule is O=C(Nc1nc(C(=O)NC2CC2)cs1)c1ccc(F)cc1. The van der Waals surface area contributed by atoms with Crippen LogP contribution in [0.5, 0.6) is 0 Å². The van der Waals surface area contributed by atoms with Crippen molar-refractivity contribution >= 4 is 28.3 Å². The summed E-state index contributed by atoms with van der Waals surface area (Å²) in [6.45, 7) is 0. The van der Waals surface area contributed by atoms with E-state index in [4.69, 9.17) is 0 Å². The first kappa shape index (κ1) is 13.7. The number of rotatable bonds is 4. The molecule has 1 heterocycles. The second kappa shape index (κ2) is 5.61. The van der Waals surface area contributed by atoms with Gasteiger partial charge in [0.05, 0.1) is 0 Å². The molecule has 0 aliphatic heterocycles. The highest BCUT2D eigenvalue weighted by Gasteiger charge is 2.24. The van der Waals surface area contributed by atoms with Crippen molar-refractivity contribution in [2.45, 2.75) is 18.9 Å². The molecule has 2 aromatic rings. The fourth-order valence-electron chi connectivity index (χ4n) is 1.69. The van der Waals surface area contributed by atoms with Crippen LogP contribution >= 0.6 is 11.3 Å². The van der Waals surface area contributed by atoms with Crippen molar-refractivity contribution < 1.29 is 14.0 Å². The number of carbonyl (C=O) groups is 2. The van der Waals surface area contributed by atoms with E-state index >= 15 is 0 Å². The zero-order valence-electron chi connectivity index (χ0n) is 10.9. The molecule has 7 heteroatoms. The number of nitrogens with one attached hydrogen (secondary N) is 2. The van der Waals surface area contributed by atoms with E-state index in [1.54, 1.807) is 5.38 Å². The number of halogens is 1. The van der Waals surface area contributed by atoms with Crippen LogP contribution < -0.4 is 10.6 Å². The maximum absolute atomic E-state index is 12.8. The van der Waals surface area contributed by atoms with Crippen LogP contribution in [0.25, 0.3) is 0 Å². The first-order valence-electron chi connectivity index (χ1n) is 6.45. The minimum Gasteiger partial charge on any atom is -0.348 e. The lowest BCUT2D eigenvalue weighted by atomic mass is 10.2. The van der Waals surface area contributed by atoms with Gasteiger partial charge in [-0.1, -0.05) is 0 Å². The number of hydrogen-bond donors (Lipinski definition) is 2. The molecule has 1 fully saturated rings. The van der Waals surface area contributed by atoms with Crippen LogP contribution in [0.1, 0.15) is 33.7 Å². The van der Waals surface area contributed by atoms with Gasteiger partial charge in [0, 0.05) is 17.0 Å². The average molecular weight is 305 g/mol. The topological polar surface area (TPSA) is 71.1 Å². The largest absolute Gasteiger partial charge is 0.348 e. The molecule has 0 saturated heterocycles. The van der Waals surface area contributed by atoms with Gasteiger partial charge in [-0.15, -0.1) is 11.3 Å². The fourth-order valence-corrected chi connectivity index (χ4v) is 2.38. The third-order valence-corrected chi connectivity index (χ3v) is 3.73. The summed E-state index contributed by atoms with van der Waals surface area (Å²) in [4.78, 5) is 27.8. The van der Waals surface area contributed by atoms with Crippen molar-refractivity contribution in [2.24, 2.45) is 0 Å². The molecule has 0 radical (unpaired) electrons. The second-order valence-corrected chi connectivity index (χ2v) is 5.60. The first-order valence-corrected chi connectivity index (χ1v) is 7.33. The first-order chi connectivity index (χ1) is 10.1. The number of carbonyl (C=O) groups excluding carboxylic acids is 2. The molecular formula is C14H12FN3O2S. The van der Waals surface area contributed by atoms with Crippen molar-refractivity contribution in [1.29, 1.82) is 0 Å². The van der Waals surface area contributed by atoms with Gasteiger partial charge in [0.25, 0.3) is 11.8 Å².